The van der Waals surface area contributed by atoms with Crippen molar-refractivity contribution in [1.82, 2.24) is 20.0 Å². The lowest BCUT2D eigenvalue weighted by atomic mass is 9.83. The minimum atomic E-state index is -0.377. The zero-order chi connectivity index (χ0) is 17.9. The number of rotatable bonds is 6. The SMILES string of the molecule is CNC(C(=O)N(C)CC(C)(C)c1ccc(C)cc1)c1cnn(C)c1. The zero-order valence-corrected chi connectivity index (χ0v) is 15.5. The van der Waals surface area contributed by atoms with E-state index in [4.69, 9.17) is 0 Å². The maximum atomic E-state index is 12.9. The molecule has 1 aromatic carbocycles. The molecule has 24 heavy (non-hydrogen) atoms. The van der Waals surface area contributed by atoms with Crippen molar-refractivity contribution < 1.29 is 4.79 Å². The number of nitrogens with zero attached hydrogens (tertiary/aromatic N) is 3. The Morgan fingerprint density at radius 2 is 1.96 bits per heavy atom. The van der Waals surface area contributed by atoms with Crippen LogP contribution in [0.4, 0.5) is 0 Å². The lowest BCUT2D eigenvalue weighted by Gasteiger charge is -2.32. The van der Waals surface area contributed by atoms with E-state index >= 15 is 0 Å². The summed E-state index contributed by atoms with van der Waals surface area (Å²) in [5.74, 6) is 0.0469. The van der Waals surface area contributed by atoms with Gasteiger partial charge in [0.25, 0.3) is 0 Å². The third-order valence-electron chi connectivity index (χ3n) is 4.44. The molecule has 1 N–H and O–H groups in total. The Kier molecular flexibility index (Phi) is 5.44. The normalized spacial score (nSPS) is 12.9. The molecule has 0 aliphatic carbocycles. The van der Waals surface area contributed by atoms with Crippen LogP contribution in [0, 0.1) is 6.92 Å². The Morgan fingerprint density at radius 1 is 1.33 bits per heavy atom. The van der Waals surface area contributed by atoms with E-state index in [2.05, 4.69) is 55.5 Å². The third kappa shape index (κ3) is 4.03. The molecule has 5 nitrogen and oxygen atoms in total. The number of aryl methyl sites for hydroxylation is 2. The van der Waals surface area contributed by atoms with Crippen LogP contribution in [-0.4, -0.2) is 41.2 Å². The largest absolute Gasteiger partial charge is 0.343 e. The average molecular weight is 328 g/mol. The molecule has 5 heteroatoms. The molecular formula is C19H28N4O. The van der Waals surface area contributed by atoms with Gasteiger partial charge in [0, 0.05) is 37.8 Å². The van der Waals surface area contributed by atoms with Crippen molar-refractivity contribution in [3.63, 3.8) is 0 Å². The third-order valence-corrected chi connectivity index (χ3v) is 4.44. The lowest BCUT2D eigenvalue weighted by molar-refractivity contribution is -0.132. The number of hydrogen-bond donors (Lipinski definition) is 1. The maximum Gasteiger partial charge on any atom is 0.244 e. The first kappa shape index (κ1) is 18.2. The van der Waals surface area contributed by atoms with Crippen LogP contribution in [0.25, 0.3) is 0 Å². The molecule has 0 aliphatic rings. The highest BCUT2D eigenvalue weighted by molar-refractivity contribution is 5.83. The Labute approximate surface area is 144 Å². The molecule has 0 saturated carbocycles. The second-order valence-corrected chi connectivity index (χ2v) is 7.11. The lowest BCUT2D eigenvalue weighted by Crippen LogP contribution is -2.43. The fourth-order valence-electron chi connectivity index (χ4n) is 3.01. The number of carbonyl (C=O) groups excluding carboxylic acids is 1. The van der Waals surface area contributed by atoms with Crippen LogP contribution in [0.2, 0.25) is 0 Å². The standard InChI is InChI=1S/C19H28N4O/c1-14-7-9-16(10-8-14)19(2,3)13-22(5)18(24)17(20-4)15-11-21-23(6)12-15/h7-12,17,20H,13H2,1-6H3. The van der Waals surface area contributed by atoms with Gasteiger partial charge in [0.1, 0.15) is 6.04 Å². The molecule has 1 unspecified atom stereocenters. The van der Waals surface area contributed by atoms with Gasteiger partial charge in [-0.05, 0) is 19.5 Å². The molecule has 2 rings (SSSR count). The molecule has 2 aromatic rings. The molecule has 130 valence electrons. The Morgan fingerprint density at radius 3 is 2.46 bits per heavy atom. The van der Waals surface area contributed by atoms with Crippen LogP contribution in [0.15, 0.2) is 36.7 Å². The molecule has 1 atom stereocenters. The summed E-state index contributed by atoms with van der Waals surface area (Å²) in [6.07, 6.45) is 3.61. The summed E-state index contributed by atoms with van der Waals surface area (Å²) in [6, 6.07) is 8.14. The predicted molar refractivity (Wildman–Crippen MR) is 96.9 cm³/mol. The minimum Gasteiger partial charge on any atom is -0.343 e. The van der Waals surface area contributed by atoms with Crippen molar-refractivity contribution in [2.45, 2.75) is 32.2 Å². The van der Waals surface area contributed by atoms with Crippen LogP contribution < -0.4 is 5.32 Å². The average Bonchev–Trinajstić information content (AvgIpc) is 2.94. The molecule has 1 heterocycles. The van der Waals surface area contributed by atoms with Gasteiger partial charge < -0.3 is 10.2 Å². The number of carbonyl (C=O) groups is 1. The van der Waals surface area contributed by atoms with Gasteiger partial charge in [-0.15, -0.1) is 0 Å². The first-order valence-corrected chi connectivity index (χ1v) is 8.22. The summed E-state index contributed by atoms with van der Waals surface area (Å²) < 4.78 is 1.71. The Bertz CT molecular complexity index is 688. The topological polar surface area (TPSA) is 50.2 Å². The zero-order valence-electron chi connectivity index (χ0n) is 15.5. The van der Waals surface area contributed by atoms with Gasteiger partial charge in [0.15, 0.2) is 0 Å². The first-order valence-electron chi connectivity index (χ1n) is 8.22. The van der Waals surface area contributed by atoms with Gasteiger partial charge in [0.2, 0.25) is 5.91 Å². The van der Waals surface area contributed by atoms with Gasteiger partial charge >= 0.3 is 0 Å². The summed E-state index contributed by atoms with van der Waals surface area (Å²) in [4.78, 5) is 14.7. The summed E-state index contributed by atoms with van der Waals surface area (Å²) in [6.45, 7) is 7.06. The Balaban J connectivity index is 2.13. The second-order valence-electron chi connectivity index (χ2n) is 7.11. The molecule has 0 saturated heterocycles. The van der Waals surface area contributed by atoms with Crippen LogP contribution in [-0.2, 0) is 17.3 Å². The minimum absolute atomic E-state index is 0.0469. The van der Waals surface area contributed by atoms with Gasteiger partial charge in [-0.2, -0.15) is 5.10 Å². The van der Waals surface area contributed by atoms with E-state index in [1.54, 1.807) is 22.8 Å². The highest BCUT2D eigenvalue weighted by Crippen LogP contribution is 2.25. The summed E-state index contributed by atoms with van der Waals surface area (Å²) in [5.41, 5.74) is 3.23. The summed E-state index contributed by atoms with van der Waals surface area (Å²) in [5, 5.41) is 7.26. The van der Waals surface area contributed by atoms with E-state index in [0.717, 1.165) is 5.56 Å². The molecule has 0 aliphatic heterocycles. The number of aromatic nitrogens is 2. The van der Waals surface area contributed by atoms with Crippen molar-refractivity contribution in [1.29, 1.82) is 0 Å². The van der Waals surface area contributed by atoms with Gasteiger partial charge in [0.05, 0.1) is 6.20 Å². The summed E-state index contributed by atoms with van der Waals surface area (Å²) >= 11 is 0. The predicted octanol–water partition coefficient (Wildman–Crippen LogP) is 2.43. The van der Waals surface area contributed by atoms with Crippen molar-refractivity contribution in [3.8, 4) is 0 Å². The van der Waals surface area contributed by atoms with E-state index in [0.29, 0.717) is 6.54 Å². The molecule has 0 radical (unpaired) electrons. The van der Waals surface area contributed by atoms with Gasteiger partial charge in [-0.25, -0.2) is 0 Å². The molecule has 0 fully saturated rings. The van der Waals surface area contributed by atoms with Crippen molar-refractivity contribution in [2.24, 2.45) is 7.05 Å². The van der Waals surface area contributed by atoms with Gasteiger partial charge in [-0.1, -0.05) is 43.7 Å². The summed E-state index contributed by atoms with van der Waals surface area (Å²) in [7, 11) is 5.51. The molecule has 0 bridgehead atoms. The van der Waals surface area contributed by atoms with Crippen LogP contribution in [0.1, 0.15) is 36.6 Å². The van der Waals surface area contributed by atoms with Crippen molar-refractivity contribution >= 4 is 5.91 Å². The van der Waals surface area contributed by atoms with E-state index in [9.17, 15) is 4.79 Å². The molecule has 0 spiro atoms. The number of benzene rings is 1. The van der Waals surface area contributed by atoms with Crippen molar-refractivity contribution in [3.05, 3.63) is 53.3 Å². The number of hydrogen-bond acceptors (Lipinski definition) is 3. The smallest absolute Gasteiger partial charge is 0.244 e. The van der Waals surface area contributed by atoms with E-state index < -0.39 is 0 Å². The van der Waals surface area contributed by atoms with Crippen LogP contribution in [0.3, 0.4) is 0 Å². The highest BCUT2D eigenvalue weighted by atomic mass is 16.2. The highest BCUT2D eigenvalue weighted by Gasteiger charge is 2.29. The number of amides is 1. The van der Waals surface area contributed by atoms with E-state index in [1.807, 2.05) is 20.3 Å². The first-order chi connectivity index (χ1) is 11.2. The molecule has 1 aromatic heterocycles. The monoisotopic (exact) mass is 328 g/mol. The second kappa shape index (κ2) is 7.18. The number of likely N-dealkylation sites (N-methyl/N-ethyl adjacent to an activating group) is 2. The van der Waals surface area contributed by atoms with Crippen molar-refractivity contribution in [2.75, 3.05) is 20.6 Å². The fraction of sp³-hybridized carbons (Fsp3) is 0.474. The quantitative estimate of drug-likeness (QED) is 0.886. The van der Waals surface area contributed by atoms with Crippen LogP contribution in [0.5, 0.6) is 0 Å². The maximum absolute atomic E-state index is 12.9. The Hall–Kier alpha value is -2.14. The molecule has 1 amide bonds. The fourth-order valence-corrected chi connectivity index (χ4v) is 3.01. The number of nitrogens with one attached hydrogen (secondary N) is 1. The molecular weight excluding hydrogens is 300 g/mol. The van der Waals surface area contributed by atoms with E-state index in [-0.39, 0.29) is 17.4 Å². The van der Waals surface area contributed by atoms with E-state index in [1.165, 1.54) is 11.1 Å². The van der Waals surface area contributed by atoms with Gasteiger partial charge in [-0.3, -0.25) is 9.48 Å². The van der Waals surface area contributed by atoms with Crippen LogP contribution >= 0.6 is 0 Å².